The maximum Gasteiger partial charge on any atom is 0.208 e. The molecule has 0 N–H and O–H groups in total. The van der Waals surface area contributed by atoms with Crippen LogP contribution in [0.2, 0.25) is 0 Å². The van der Waals surface area contributed by atoms with Gasteiger partial charge in [0.25, 0.3) is 0 Å². The molecule has 0 fully saturated rings. The molecule has 5 heteroatoms. The van der Waals surface area contributed by atoms with Gasteiger partial charge in [-0.3, -0.25) is 9.98 Å². The highest BCUT2D eigenvalue weighted by Gasteiger charge is 2.42. The van der Waals surface area contributed by atoms with Crippen molar-refractivity contribution in [2.75, 3.05) is 13.2 Å². The second-order valence-corrected chi connectivity index (χ2v) is 7.47. The monoisotopic (exact) mass is 394 g/mol. The van der Waals surface area contributed by atoms with Gasteiger partial charge in [-0.25, -0.2) is 8.78 Å². The van der Waals surface area contributed by atoms with Crippen molar-refractivity contribution in [2.45, 2.75) is 37.6 Å². The Labute approximate surface area is 169 Å². The Kier molecular flexibility index (Phi) is 5.56. The summed E-state index contributed by atoms with van der Waals surface area (Å²) >= 11 is 0. The van der Waals surface area contributed by atoms with Crippen LogP contribution in [-0.2, 0) is 10.2 Å². The highest BCUT2D eigenvalue weighted by atomic mass is 19.1. The first kappa shape index (κ1) is 19.5. The highest BCUT2D eigenvalue weighted by molar-refractivity contribution is 6.02. The van der Waals surface area contributed by atoms with E-state index in [1.54, 1.807) is 0 Å². The summed E-state index contributed by atoms with van der Waals surface area (Å²) < 4.78 is 34.2. The van der Waals surface area contributed by atoms with Crippen molar-refractivity contribution in [2.24, 2.45) is 9.98 Å². The zero-order valence-corrected chi connectivity index (χ0v) is 16.4. The number of rotatable bonds is 5. The zero-order valence-electron chi connectivity index (χ0n) is 16.4. The molecule has 0 aliphatic carbocycles. The molecule has 2 aliphatic heterocycles. The van der Waals surface area contributed by atoms with Gasteiger partial charge < -0.3 is 4.74 Å². The molecule has 150 valence electrons. The van der Waals surface area contributed by atoms with Crippen molar-refractivity contribution >= 4 is 11.6 Å². The number of hydrogen-bond donors (Lipinski definition) is 0. The van der Waals surface area contributed by atoms with Gasteiger partial charge >= 0.3 is 0 Å². The van der Waals surface area contributed by atoms with Crippen molar-refractivity contribution in [3.63, 3.8) is 0 Å². The van der Waals surface area contributed by atoms with E-state index in [0.29, 0.717) is 37.6 Å². The first-order valence-corrected chi connectivity index (χ1v) is 10.1. The van der Waals surface area contributed by atoms with Crippen LogP contribution in [0.3, 0.4) is 0 Å². The summed E-state index contributed by atoms with van der Waals surface area (Å²) in [6, 6.07) is 13.9. The predicted molar refractivity (Wildman–Crippen MR) is 112 cm³/mol. The Balaban J connectivity index is 1.70. The van der Waals surface area contributed by atoms with Crippen LogP contribution in [0, 0.1) is 11.6 Å². The first-order chi connectivity index (χ1) is 14.1. The summed E-state index contributed by atoms with van der Waals surface area (Å²) in [4.78, 5) is 9.48. The average Bonchev–Trinajstić information content (AvgIpc) is 3.23. The number of nitrogens with zero attached hydrogens (tertiary/aromatic N) is 2. The van der Waals surface area contributed by atoms with E-state index in [9.17, 15) is 8.78 Å². The number of halogens is 2. The Morgan fingerprint density at radius 3 is 2.48 bits per heavy atom. The van der Waals surface area contributed by atoms with Gasteiger partial charge in [-0.2, -0.15) is 0 Å². The minimum absolute atomic E-state index is 0.00605. The molecule has 0 amide bonds. The van der Waals surface area contributed by atoms with Gasteiger partial charge in [-0.1, -0.05) is 49.4 Å². The lowest BCUT2D eigenvalue weighted by atomic mass is 9.72. The van der Waals surface area contributed by atoms with Gasteiger partial charge in [0.2, 0.25) is 5.90 Å². The molecular formula is C24H24F2N2O. The Bertz CT molecular complexity index is 948. The fraction of sp³-hybridized carbons (Fsp3) is 0.333. The van der Waals surface area contributed by atoms with Gasteiger partial charge in [0.05, 0.1) is 30.2 Å². The molecule has 0 aromatic heterocycles. The summed E-state index contributed by atoms with van der Waals surface area (Å²) in [5, 5.41) is 0. The fourth-order valence-corrected chi connectivity index (χ4v) is 4.11. The van der Waals surface area contributed by atoms with Crippen LogP contribution in [0.4, 0.5) is 8.78 Å². The van der Waals surface area contributed by atoms with E-state index in [4.69, 9.17) is 9.73 Å². The van der Waals surface area contributed by atoms with Crippen molar-refractivity contribution in [3.05, 3.63) is 83.4 Å². The molecular weight excluding hydrogens is 370 g/mol. The van der Waals surface area contributed by atoms with E-state index in [2.05, 4.69) is 30.1 Å². The van der Waals surface area contributed by atoms with Gasteiger partial charge in [-0.05, 0) is 43.0 Å². The molecule has 2 heterocycles. The van der Waals surface area contributed by atoms with E-state index in [1.165, 1.54) is 18.2 Å². The standard InChI is InChI=1S/C24H24F2N2O/c1-2-15-29-22-13-14-24(16-27-22,17-7-4-3-5-8-17)21-12-11-20(28-21)23-18(25)9-6-10-19(23)26/h3-10,13-14,21H,2,11-12,15-16H2,1H3/t21-,24?/m1/s1. The molecule has 2 aromatic carbocycles. The van der Waals surface area contributed by atoms with Crippen LogP contribution >= 0.6 is 0 Å². The van der Waals surface area contributed by atoms with E-state index in [1.807, 2.05) is 24.3 Å². The maximum atomic E-state index is 14.3. The van der Waals surface area contributed by atoms with Gasteiger partial charge in [0.15, 0.2) is 0 Å². The maximum absolute atomic E-state index is 14.3. The molecule has 4 rings (SSSR count). The SMILES string of the molecule is CCCOC1=NCC(c2ccccc2)([C@H]2CCC(c3c(F)cccc3F)=N2)C=C1. The molecule has 2 aromatic rings. The van der Waals surface area contributed by atoms with Crippen molar-refractivity contribution in [1.29, 1.82) is 0 Å². The second-order valence-electron chi connectivity index (χ2n) is 7.47. The minimum atomic E-state index is -0.564. The van der Waals surface area contributed by atoms with Crippen molar-refractivity contribution in [1.82, 2.24) is 0 Å². The first-order valence-electron chi connectivity index (χ1n) is 10.1. The van der Waals surface area contributed by atoms with E-state index in [-0.39, 0.29) is 11.6 Å². The fourth-order valence-electron chi connectivity index (χ4n) is 4.11. The Hall–Kier alpha value is -2.82. The van der Waals surface area contributed by atoms with Gasteiger partial charge in [0, 0.05) is 5.71 Å². The molecule has 29 heavy (non-hydrogen) atoms. The third-order valence-corrected chi connectivity index (χ3v) is 5.60. The van der Waals surface area contributed by atoms with E-state index >= 15 is 0 Å². The third kappa shape index (κ3) is 3.74. The smallest absolute Gasteiger partial charge is 0.208 e. The molecule has 2 atom stereocenters. The lowest BCUT2D eigenvalue weighted by Crippen LogP contribution is -2.41. The summed E-state index contributed by atoms with van der Waals surface area (Å²) in [5.74, 6) is -0.503. The van der Waals surface area contributed by atoms with E-state index < -0.39 is 17.0 Å². The molecule has 0 saturated carbocycles. The number of ether oxygens (including phenoxy) is 1. The van der Waals surface area contributed by atoms with Gasteiger partial charge in [-0.15, -0.1) is 0 Å². The molecule has 1 unspecified atom stereocenters. The number of hydrogen-bond acceptors (Lipinski definition) is 3. The number of dihydropyridines is 1. The lowest BCUT2D eigenvalue weighted by molar-refractivity contribution is 0.300. The topological polar surface area (TPSA) is 34.0 Å². The quantitative estimate of drug-likeness (QED) is 0.682. The summed E-state index contributed by atoms with van der Waals surface area (Å²) in [7, 11) is 0. The molecule has 0 saturated heterocycles. The molecule has 0 spiro atoms. The third-order valence-electron chi connectivity index (χ3n) is 5.60. The van der Waals surface area contributed by atoms with Crippen molar-refractivity contribution < 1.29 is 13.5 Å². The largest absolute Gasteiger partial charge is 0.478 e. The van der Waals surface area contributed by atoms with E-state index in [0.717, 1.165) is 12.0 Å². The van der Waals surface area contributed by atoms with Crippen LogP contribution in [0.1, 0.15) is 37.3 Å². The highest BCUT2D eigenvalue weighted by Crippen LogP contribution is 2.40. The Morgan fingerprint density at radius 2 is 1.83 bits per heavy atom. The summed E-state index contributed by atoms with van der Waals surface area (Å²) in [6.07, 6.45) is 6.18. The predicted octanol–water partition coefficient (Wildman–Crippen LogP) is 5.25. The molecule has 0 radical (unpaired) electrons. The number of benzene rings is 2. The summed E-state index contributed by atoms with van der Waals surface area (Å²) in [5.41, 5.74) is 1.13. The van der Waals surface area contributed by atoms with Crippen LogP contribution < -0.4 is 0 Å². The second kappa shape index (κ2) is 8.27. The summed E-state index contributed by atoms with van der Waals surface area (Å²) in [6.45, 7) is 3.17. The van der Waals surface area contributed by atoms with Gasteiger partial charge in [0.1, 0.15) is 11.6 Å². The zero-order chi connectivity index (χ0) is 20.3. The van der Waals surface area contributed by atoms with Crippen LogP contribution in [-0.4, -0.2) is 30.8 Å². The van der Waals surface area contributed by atoms with Crippen LogP contribution in [0.25, 0.3) is 0 Å². The lowest BCUT2D eigenvalue weighted by Gasteiger charge is -2.36. The van der Waals surface area contributed by atoms with Crippen LogP contribution in [0.15, 0.2) is 70.7 Å². The molecule has 3 nitrogen and oxygen atoms in total. The number of aliphatic imine (C=N–C) groups is 2. The van der Waals surface area contributed by atoms with Crippen LogP contribution in [0.5, 0.6) is 0 Å². The minimum Gasteiger partial charge on any atom is -0.478 e. The molecule has 2 aliphatic rings. The Morgan fingerprint density at radius 1 is 1.07 bits per heavy atom. The normalized spacial score (nSPS) is 23.6. The average molecular weight is 394 g/mol. The molecule has 0 bridgehead atoms. The van der Waals surface area contributed by atoms with Crippen molar-refractivity contribution in [3.8, 4) is 0 Å².